The number of thiophene rings is 1. The van der Waals surface area contributed by atoms with Crippen molar-refractivity contribution in [2.24, 2.45) is 0 Å². The third kappa shape index (κ3) is 3.06. The highest BCUT2D eigenvalue weighted by Crippen LogP contribution is 2.33. The van der Waals surface area contributed by atoms with E-state index >= 15 is 0 Å². The molecule has 0 radical (unpaired) electrons. The van der Waals surface area contributed by atoms with Gasteiger partial charge in [-0.2, -0.15) is 4.98 Å². The van der Waals surface area contributed by atoms with Crippen LogP contribution in [0.5, 0.6) is 0 Å². The fraction of sp³-hybridized carbons (Fsp3) is 0.263. The van der Waals surface area contributed by atoms with Crippen LogP contribution in [0.15, 0.2) is 46.3 Å². The van der Waals surface area contributed by atoms with E-state index in [1.54, 1.807) is 16.3 Å². The lowest BCUT2D eigenvalue weighted by Crippen LogP contribution is -2.30. The summed E-state index contributed by atoms with van der Waals surface area (Å²) in [4.78, 5) is 31.2. The minimum atomic E-state index is -0.229. The highest BCUT2D eigenvalue weighted by Gasteiger charge is 2.35. The minimum absolute atomic E-state index is 0.0311. The number of Topliss-reactive ketones (excluding diaryl/α,β-unsaturated/α-hetero) is 1. The van der Waals surface area contributed by atoms with Gasteiger partial charge in [-0.1, -0.05) is 35.5 Å². The summed E-state index contributed by atoms with van der Waals surface area (Å²) in [6.07, 6.45) is 1.66. The number of carbonyl (C=O) groups is 2. The first-order valence-electron chi connectivity index (χ1n) is 8.43. The van der Waals surface area contributed by atoms with Crippen LogP contribution < -0.4 is 0 Å². The molecule has 0 spiro atoms. The Morgan fingerprint density at radius 1 is 1.27 bits per heavy atom. The first-order chi connectivity index (χ1) is 12.6. The van der Waals surface area contributed by atoms with Gasteiger partial charge in [0.1, 0.15) is 6.04 Å². The van der Waals surface area contributed by atoms with Crippen LogP contribution in [-0.4, -0.2) is 33.3 Å². The lowest BCUT2D eigenvalue weighted by Gasteiger charge is -2.21. The van der Waals surface area contributed by atoms with Crippen molar-refractivity contribution in [1.29, 1.82) is 0 Å². The molecule has 2 aromatic heterocycles. The molecule has 1 aromatic carbocycles. The van der Waals surface area contributed by atoms with E-state index in [0.717, 1.165) is 18.4 Å². The summed E-state index contributed by atoms with van der Waals surface area (Å²) in [5.74, 6) is 0.846. The molecule has 3 aromatic rings. The number of carbonyl (C=O) groups excluding carboxylic acids is 2. The number of ketones is 1. The van der Waals surface area contributed by atoms with Crippen molar-refractivity contribution in [3.8, 4) is 11.4 Å². The van der Waals surface area contributed by atoms with Crippen molar-refractivity contribution in [3.63, 3.8) is 0 Å². The highest BCUT2D eigenvalue weighted by molar-refractivity contribution is 7.12. The third-order valence-electron chi connectivity index (χ3n) is 4.47. The molecule has 132 valence electrons. The number of rotatable bonds is 4. The number of likely N-dealkylation sites (tertiary alicyclic amines) is 1. The fourth-order valence-electron chi connectivity index (χ4n) is 3.14. The number of hydrogen-bond donors (Lipinski definition) is 0. The first kappa shape index (κ1) is 16.7. The maximum Gasteiger partial charge on any atom is 0.255 e. The van der Waals surface area contributed by atoms with Crippen molar-refractivity contribution in [2.45, 2.75) is 25.8 Å². The number of benzene rings is 1. The number of amides is 1. The van der Waals surface area contributed by atoms with Crippen LogP contribution in [0.25, 0.3) is 11.4 Å². The zero-order valence-electron chi connectivity index (χ0n) is 14.2. The van der Waals surface area contributed by atoms with Gasteiger partial charge in [0.15, 0.2) is 5.78 Å². The predicted molar refractivity (Wildman–Crippen MR) is 97.1 cm³/mol. The largest absolute Gasteiger partial charge is 0.337 e. The molecule has 0 aliphatic carbocycles. The van der Waals surface area contributed by atoms with E-state index < -0.39 is 0 Å². The van der Waals surface area contributed by atoms with E-state index in [-0.39, 0.29) is 17.7 Å². The Hall–Kier alpha value is -2.80. The molecule has 4 rings (SSSR count). The SMILES string of the molecule is CC(=O)c1cc(C(=O)N2CCC[C@@H]2c2nc(-c3ccccc3)no2)cs1. The lowest BCUT2D eigenvalue weighted by atomic mass is 10.2. The van der Waals surface area contributed by atoms with Crippen LogP contribution in [0.2, 0.25) is 0 Å². The molecule has 1 amide bonds. The molecule has 0 bridgehead atoms. The summed E-state index contributed by atoms with van der Waals surface area (Å²) in [6.45, 7) is 2.14. The molecule has 6 nitrogen and oxygen atoms in total. The summed E-state index contributed by atoms with van der Waals surface area (Å²) in [7, 11) is 0. The average molecular weight is 367 g/mol. The van der Waals surface area contributed by atoms with Crippen LogP contribution in [0.4, 0.5) is 0 Å². The monoisotopic (exact) mass is 367 g/mol. The fourth-order valence-corrected chi connectivity index (χ4v) is 3.92. The Labute approximate surface area is 154 Å². The second-order valence-electron chi connectivity index (χ2n) is 6.23. The summed E-state index contributed by atoms with van der Waals surface area (Å²) in [6, 6.07) is 11.0. The first-order valence-corrected chi connectivity index (χ1v) is 9.31. The zero-order valence-corrected chi connectivity index (χ0v) is 15.0. The molecule has 26 heavy (non-hydrogen) atoms. The Bertz CT molecular complexity index is 948. The van der Waals surface area contributed by atoms with Gasteiger partial charge >= 0.3 is 0 Å². The molecule has 1 aliphatic rings. The molecule has 3 heterocycles. The van der Waals surface area contributed by atoms with Gasteiger partial charge in [0.05, 0.1) is 10.4 Å². The third-order valence-corrected chi connectivity index (χ3v) is 5.50. The van der Waals surface area contributed by atoms with Gasteiger partial charge in [-0.25, -0.2) is 0 Å². The summed E-state index contributed by atoms with van der Waals surface area (Å²) in [5.41, 5.74) is 1.41. The van der Waals surface area contributed by atoms with E-state index in [1.807, 2.05) is 30.3 Å². The molecular weight excluding hydrogens is 350 g/mol. The van der Waals surface area contributed by atoms with Crippen LogP contribution >= 0.6 is 11.3 Å². The zero-order chi connectivity index (χ0) is 18.1. The topological polar surface area (TPSA) is 76.3 Å². The Morgan fingerprint density at radius 3 is 2.81 bits per heavy atom. The van der Waals surface area contributed by atoms with Gasteiger partial charge in [0.2, 0.25) is 11.7 Å². The lowest BCUT2D eigenvalue weighted by molar-refractivity contribution is 0.0710. The van der Waals surface area contributed by atoms with E-state index in [4.69, 9.17) is 4.52 Å². The maximum atomic E-state index is 12.9. The van der Waals surface area contributed by atoms with Crippen molar-refractivity contribution in [2.75, 3.05) is 6.54 Å². The second-order valence-corrected chi connectivity index (χ2v) is 7.15. The average Bonchev–Trinajstić information content (AvgIpc) is 3.41. The molecule has 0 saturated carbocycles. The van der Waals surface area contributed by atoms with Crippen molar-refractivity contribution < 1.29 is 14.1 Å². The second kappa shape index (κ2) is 6.84. The molecule has 0 unspecified atom stereocenters. The Morgan fingerprint density at radius 2 is 2.08 bits per heavy atom. The van der Waals surface area contributed by atoms with Crippen molar-refractivity contribution in [1.82, 2.24) is 15.0 Å². The van der Waals surface area contributed by atoms with E-state index in [0.29, 0.717) is 28.7 Å². The molecule has 7 heteroatoms. The Balaban J connectivity index is 1.57. The highest BCUT2D eigenvalue weighted by atomic mass is 32.1. The van der Waals surface area contributed by atoms with Gasteiger partial charge in [-0.05, 0) is 25.8 Å². The standard InChI is InChI=1S/C19H17N3O3S/c1-12(23)16-10-14(11-26-16)19(24)22-9-5-8-15(22)18-20-17(21-25-18)13-6-3-2-4-7-13/h2-4,6-7,10-11,15H,5,8-9H2,1H3/t15-/m1/s1. The Kier molecular flexibility index (Phi) is 4.38. The van der Waals surface area contributed by atoms with Crippen molar-refractivity contribution in [3.05, 3.63) is 58.1 Å². The normalized spacial score (nSPS) is 16.8. The summed E-state index contributed by atoms with van der Waals surface area (Å²) < 4.78 is 5.46. The molecule has 1 atom stereocenters. The van der Waals surface area contributed by atoms with Gasteiger partial charge in [-0.15, -0.1) is 11.3 Å². The van der Waals surface area contributed by atoms with Crippen LogP contribution in [-0.2, 0) is 0 Å². The molecular formula is C19H17N3O3S. The molecule has 1 fully saturated rings. The quantitative estimate of drug-likeness (QED) is 0.652. The van der Waals surface area contributed by atoms with Gasteiger partial charge in [0, 0.05) is 17.5 Å². The molecule has 0 N–H and O–H groups in total. The number of aromatic nitrogens is 2. The predicted octanol–water partition coefficient (Wildman–Crippen LogP) is 3.98. The van der Waals surface area contributed by atoms with Gasteiger partial charge < -0.3 is 9.42 Å². The molecule has 1 aliphatic heterocycles. The van der Waals surface area contributed by atoms with Gasteiger partial charge in [-0.3, -0.25) is 9.59 Å². The van der Waals surface area contributed by atoms with E-state index in [1.165, 1.54) is 18.3 Å². The van der Waals surface area contributed by atoms with Crippen LogP contribution in [0, 0.1) is 0 Å². The maximum absolute atomic E-state index is 12.9. The number of hydrogen-bond acceptors (Lipinski definition) is 6. The smallest absolute Gasteiger partial charge is 0.255 e. The summed E-state index contributed by atoms with van der Waals surface area (Å²) >= 11 is 1.29. The van der Waals surface area contributed by atoms with Crippen molar-refractivity contribution >= 4 is 23.0 Å². The van der Waals surface area contributed by atoms with E-state index in [9.17, 15) is 9.59 Å². The summed E-state index contributed by atoms with van der Waals surface area (Å²) in [5, 5.41) is 5.79. The van der Waals surface area contributed by atoms with Crippen LogP contribution in [0.3, 0.4) is 0 Å². The van der Waals surface area contributed by atoms with E-state index in [2.05, 4.69) is 10.1 Å². The number of nitrogens with zero attached hydrogens (tertiary/aromatic N) is 3. The molecule has 1 saturated heterocycles. The minimum Gasteiger partial charge on any atom is -0.337 e. The van der Waals surface area contributed by atoms with Crippen LogP contribution in [0.1, 0.15) is 51.7 Å². The van der Waals surface area contributed by atoms with Gasteiger partial charge in [0.25, 0.3) is 5.91 Å².